The van der Waals surface area contributed by atoms with Crippen LogP contribution in [-0.2, 0) is 0 Å². The fraction of sp³-hybridized carbons (Fsp3) is 0.211. The molecule has 0 N–H and O–H groups in total. The van der Waals surface area contributed by atoms with Crippen molar-refractivity contribution in [3.8, 4) is 11.8 Å². The fourth-order valence-corrected chi connectivity index (χ4v) is 3.38. The molecular weight excluding hydrogens is 367 g/mol. The van der Waals surface area contributed by atoms with Gasteiger partial charge in [0.1, 0.15) is 17.6 Å². The molecule has 136 valence electrons. The van der Waals surface area contributed by atoms with Gasteiger partial charge in [0, 0.05) is 26.2 Å². The molecule has 0 spiro atoms. The van der Waals surface area contributed by atoms with Crippen LogP contribution in [0.4, 0.5) is 15.9 Å². The zero-order chi connectivity index (χ0) is 18.8. The lowest BCUT2D eigenvalue weighted by atomic mass is 10.2. The average molecular weight is 383 g/mol. The minimum atomic E-state index is -0.228. The summed E-state index contributed by atoms with van der Waals surface area (Å²) in [7, 11) is 0. The molecule has 0 aliphatic carbocycles. The molecule has 1 fully saturated rings. The monoisotopic (exact) mass is 382 g/mol. The first-order valence-corrected chi connectivity index (χ1v) is 8.92. The van der Waals surface area contributed by atoms with Crippen LogP contribution in [0.5, 0.6) is 0 Å². The standard InChI is InChI=1S/C19H16ClFN6/c20-14-5-1-3-7-17(14)27-23-16(13-22)19(24-27)26-11-9-25(10-12-26)18-8-4-2-6-15(18)21/h1-8H,9-12H2. The number of aromatic nitrogens is 3. The minimum absolute atomic E-state index is 0.228. The van der Waals surface area contributed by atoms with Crippen LogP contribution in [0.25, 0.3) is 5.69 Å². The number of nitriles is 1. The van der Waals surface area contributed by atoms with Gasteiger partial charge in [0.15, 0.2) is 5.82 Å². The third-order valence-electron chi connectivity index (χ3n) is 4.54. The second-order valence-corrected chi connectivity index (χ2v) is 6.56. The normalized spacial score (nSPS) is 14.3. The van der Waals surface area contributed by atoms with Gasteiger partial charge in [-0.25, -0.2) is 4.39 Å². The summed E-state index contributed by atoms with van der Waals surface area (Å²) in [4.78, 5) is 5.38. The number of para-hydroxylation sites is 2. The highest BCUT2D eigenvalue weighted by molar-refractivity contribution is 6.32. The Balaban J connectivity index is 1.56. The molecule has 1 aliphatic heterocycles. The van der Waals surface area contributed by atoms with Crippen LogP contribution in [-0.4, -0.2) is 41.2 Å². The first-order valence-electron chi connectivity index (χ1n) is 8.54. The molecular formula is C19H16ClFN6. The van der Waals surface area contributed by atoms with E-state index in [1.165, 1.54) is 10.9 Å². The lowest BCUT2D eigenvalue weighted by molar-refractivity contribution is 0.595. The van der Waals surface area contributed by atoms with Gasteiger partial charge >= 0.3 is 0 Å². The van der Waals surface area contributed by atoms with Crippen molar-refractivity contribution < 1.29 is 4.39 Å². The summed E-state index contributed by atoms with van der Waals surface area (Å²) < 4.78 is 14.0. The van der Waals surface area contributed by atoms with Gasteiger partial charge in [-0.05, 0) is 24.3 Å². The Hall–Kier alpha value is -3.11. The first kappa shape index (κ1) is 17.3. The summed E-state index contributed by atoms with van der Waals surface area (Å²) in [6, 6.07) is 16.1. The molecule has 0 unspecified atom stereocenters. The minimum Gasteiger partial charge on any atom is -0.366 e. The molecule has 4 rings (SSSR count). The molecule has 0 amide bonds. The summed E-state index contributed by atoms with van der Waals surface area (Å²) in [6.07, 6.45) is 0. The topological polar surface area (TPSA) is 61.0 Å². The van der Waals surface area contributed by atoms with Crippen molar-refractivity contribution in [3.05, 3.63) is 65.1 Å². The SMILES string of the molecule is N#Cc1nn(-c2ccccc2Cl)nc1N1CCN(c2ccccc2F)CC1. The number of benzene rings is 2. The van der Waals surface area contributed by atoms with Crippen LogP contribution in [0.3, 0.4) is 0 Å². The van der Waals surface area contributed by atoms with Crippen LogP contribution in [0.2, 0.25) is 5.02 Å². The van der Waals surface area contributed by atoms with Gasteiger partial charge in [-0.1, -0.05) is 35.9 Å². The largest absolute Gasteiger partial charge is 0.366 e. The molecule has 0 saturated carbocycles. The Labute approximate surface area is 161 Å². The Morgan fingerprint density at radius 1 is 0.889 bits per heavy atom. The van der Waals surface area contributed by atoms with Gasteiger partial charge in [-0.15, -0.1) is 15.0 Å². The Morgan fingerprint density at radius 2 is 1.52 bits per heavy atom. The Morgan fingerprint density at radius 3 is 2.19 bits per heavy atom. The summed E-state index contributed by atoms with van der Waals surface area (Å²) in [5.74, 6) is 0.291. The molecule has 3 aromatic rings. The van der Waals surface area contributed by atoms with Crippen molar-refractivity contribution in [2.75, 3.05) is 36.0 Å². The molecule has 0 radical (unpaired) electrons. The van der Waals surface area contributed by atoms with Crippen LogP contribution in [0, 0.1) is 17.1 Å². The van der Waals surface area contributed by atoms with Crippen LogP contribution in [0.1, 0.15) is 5.69 Å². The van der Waals surface area contributed by atoms with E-state index in [4.69, 9.17) is 11.6 Å². The van der Waals surface area contributed by atoms with E-state index in [-0.39, 0.29) is 11.5 Å². The first-order chi connectivity index (χ1) is 13.2. The van der Waals surface area contributed by atoms with Crippen molar-refractivity contribution in [1.29, 1.82) is 5.26 Å². The van der Waals surface area contributed by atoms with Crippen molar-refractivity contribution in [2.24, 2.45) is 0 Å². The highest BCUT2D eigenvalue weighted by Crippen LogP contribution is 2.25. The van der Waals surface area contributed by atoms with E-state index in [0.29, 0.717) is 48.4 Å². The van der Waals surface area contributed by atoms with E-state index in [2.05, 4.69) is 16.3 Å². The van der Waals surface area contributed by atoms with Gasteiger partial charge in [0.05, 0.1) is 10.7 Å². The maximum atomic E-state index is 14.0. The number of anilines is 2. The molecule has 2 aromatic carbocycles. The lowest BCUT2D eigenvalue weighted by Crippen LogP contribution is -2.47. The second kappa shape index (κ2) is 7.25. The smallest absolute Gasteiger partial charge is 0.207 e. The molecule has 27 heavy (non-hydrogen) atoms. The summed E-state index contributed by atoms with van der Waals surface area (Å²) >= 11 is 6.21. The lowest BCUT2D eigenvalue weighted by Gasteiger charge is -2.36. The van der Waals surface area contributed by atoms with E-state index < -0.39 is 0 Å². The van der Waals surface area contributed by atoms with Crippen LogP contribution < -0.4 is 9.80 Å². The van der Waals surface area contributed by atoms with E-state index in [1.54, 1.807) is 24.3 Å². The summed E-state index contributed by atoms with van der Waals surface area (Å²) in [5.41, 5.74) is 1.46. The Kier molecular flexibility index (Phi) is 4.65. The molecule has 8 heteroatoms. The van der Waals surface area contributed by atoms with E-state index in [0.717, 1.165) is 0 Å². The predicted molar refractivity (Wildman–Crippen MR) is 102 cm³/mol. The number of hydrogen-bond acceptors (Lipinski definition) is 5. The highest BCUT2D eigenvalue weighted by atomic mass is 35.5. The Bertz CT molecular complexity index is 1000. The van der Waals surface area contributed by atoms with Crippen molar-refractivity contribution in [3.63, 3.8) is 0 Å². The molecule has 1 aliphatic rings. The van der Waals surface area contributed by atoms with E-state index in [9.17, 15) is 9.65 Å². The van der Waals surface area contributed by atoms with Gasteiger partial charge < -0.3 is 9.80 Å². The maximum absolute atomic E-state index is 14.0. The number of halogens is 2. The van der Waals surface area contributed by atoms with E-state index in [1.807, 2.05) is 28.0 Å². The van der Waals surface area contributed by atoms with Crippen molar-refractivity contribution in [1.82, 2.24) is 15.0 Å². The van der Waals surface area contributed by atoms with Gasteiger partial charge in [0.25, 0.3) is 0 Å². The molecule has 0 bridgehead atoms. The van der Waals surface area contributed by atoms with E-state index >= 15 is 0 Å². The summed E-state index contributed by atoms with van der Waals surface area (Å²) in [6.45, 7) is 2.49. The van der Waals surface area contributed by atoms with Crippen LogP contribution in [0.15, 0.2) is 48.5 Å². The average Bonchev–Trinajstić information content (AvgIpc) is 3.13. The third-order valence-corrected chi connectivity index (χ3v) is 4.86. The van der Waals surface area contributed by atoms with Gasteiger partial charge in [-0.2, -0.15) is 5.26 Å². The molecule has 0 atom stereocenters. The number of rotatable bonds is 3. The number of nitrogens with zero attached hydrogens (tertiary/aromatic N) is 6. The fourth-order valence-electron chi connectivity index (χ4n) is 3.17. The van der Waals surface area contributed by atoms with Gasteiger partial charge in [-0.3, -0.25) is 0 Å². The zero-order valence-corrected chi connectivity index (χ0v) is 15.1. The quantitative estimate of drug-likeness (QED) is 0.695. The number of hydrogen-bond donors (Lipinski definition) is 0. The van der Waals surface area contributed by atoms with Crippen LogP contribution >= 0.6 is 11.6 Å². The molecule has 1 aromatic heterocycles. The maximum Gasteiger partial charge on any atom is 0.207 e. The van der Waals surface area contributed by atoms with Crippen molar-refractivity contribution >= 4 is 23.1 Å². The van der Waals surface area contributed by atoms with Gasteiger partial charge in [0.2, 0.25) is 5.69 Å². The third kappa shape index (κ3) is 3.32. The zero-order valence-electron chi connectivity index (χ0n) is 14.4. The predicted octanol–water partition coefficient (Wildman–Crippen LogP) is 3.26. The molecule has 6 nitrogen and oxygen atoms in total. The van der Waals surface area contributed by atoms with Crippen molar-refractivity contribution in [2.45, 2.75) is 0 Å². The molecule has 1 saturated heterocycles. The second-order valence-electron chi connectivity index (χ2n) is 6.15. The molecule has 2 heterocycles. The number of piperazine rings is 1. The highest BCUT2D eigenvalue weighted by Gasteiger charge is 2.24. The summed E-state index contributed by atoms with van der Waals surface area (Å²) in [5, 5.41) is 18.7.